The number of benzene rings is 1. The number of para-hydroxylation sites is 2. The first-order valence-corrected chi connectivity index (χ1v) is 8.17. The third-order valence-corrected chi connectivity index (χ3v) is 5.03. The Hall–Kier alpha value is -2.15. The van der Waals surface area contributed by atoms with E-state index in [4.69, 9.17) is 0 Å². The number of aromatic nitrogens is 4. The van der Waals surface area contributed by atoms with Crippen LogP contribution in [0.4, 0.5) is 5.95 Å². The molecule has 2 heterocycles. The van der Waals surface area contributed by atoms with Gasteiger partial charge in [0.15, 0.2) is 0 Å². The van der Waals surface area contributed by atoms with Gasteiger partial charge in [-0.2, -0.15) is 5.10 Å². The first-order chi connectivity index (χ1) is 11.0. The van der Waals surface area contributed by atoms with Gasteiger partial charge < -0.3 is 4.57 Å². The van der Waals surface area contributed by atoms with Gasteiger partial charge in [0.05, 0.1) is 27.7 Å². The number of carbonyl (C=O) groups excluding carboxylic acids is 1. The minimum Gasteiger partial charge on any atom is -0.313 e. The van der Waals surface area contributed by atoms with Crippen LogP contribution in [0.15, 0.2) is 28.7 Å². The van der Waals surface area contributed by atoms with Crippen LogP contribution in [-0.4, -0.2) is 25.2 Å². The van der Waals surface area contributed by atoms with Crippen LogP contribution in [0.5, 0.6) is 0 Å². The number of halogens is 1. The molecular formula is C16H18BrN5O. The van der Waals surface area contributed by atoms with Gasteiger partial charge in [-0.25, -0.2) is 4.98 Å². The Morgan fingerprint density at radius 2 is 2.04 bits per heavy atom. The summed E-state index contributed by atoms with van der Waals surface area (Å²) in [6, 6.07) is 7.79. The van der Waals surface area contributed by atoms with E-state index in [-0.39, 0.29) is 5.91 Å². The predicted molar refractivity (Wildman–Crippen MR) is 93.4 cm³/mol. The van der Waals surface area contributed by atoms with Crippen LogP contribution >= 0.6 is 15.9 Å². The van der Waals surface area contributed by atoms with E-state index in [2.05, 4.69) is 31.3 Å². The van der Waals surface area contributed by atoms with Gasteiger partial charge in [0.1, 0.15) is 0 Å². The highest BCUT2D eigenvalue weighted by Gasteiger charge is 2.13. The maximum Gasteiger partial charge on any atom is 0.228 e. The van der Waals surface area contributed by atoms with E-state index in [1.165, 1.54) is 0 Å². The summed E-state index contributed by atoms with van der Waals surface area (Å²) in [4.78, 5) is 16.6. The molecule has 0 unspecified atom stereocenters. The standard InChI is InChI=1S/C16H18BrN5O/c1-10-15(17)11(2)22(20-10)9-8-14(23)19-16-18-12-6-4-5-7-13(12)21(16)3/h4-7H,8-9H2,1-3H3,(H,18,19,23). The summed E-state index contributed by atoms with van der Waals surface area (Å²) in [5, 5.41) is 7.28. The Morgan fingerprint density at radius 3 is 2.70 bits per heavy atom. The molecule has 0 aliphatic heterocycles. The lowest BCUT2D eigenvalue weighted by molar-refractivity contribution is -0.116. The Labute approximate surface area is 142 Å². The first-order valence-electron chi connectivity index (χ1n) is 7.38. The molecule has 0 aliphatic carbocycles. The van der Waals surface area contributed by atoms with E-state index in [0.717, 1.165) is 26.9 Å². The van der Waals surface area contributed by atoms with Crippen LogP contribution in [0.25, 0.3) is 11.0 Å². The lowest BCUT2D eigenvalue weighted by Crippen LogP contribution is -2.17. The Kier molecular flexibility index (Phi) is 4.21. The average Bonchev–Trinajstić information content (AvgIpc) is 2.98. The summed E-state index contributed by atoms with van der Waals surface area (Å²) >= 11 is 3.49. The Balaban J connectivity index is 1.69. The second-order valence-corrected chi connectivity index (χ2v) is 6.28. The van der Waals surface area contributed by atoms with Crippen molar-refractivity contribution in [3.63, 3.8) is 0 Å². The van der Waals surface area contributed by atoms with Gasteiger partial charge in [0.2, 0.25) is 11.9 Å². The largest absolute Gasteiger partial charge is 0.313 e. The minimum absolute atomic E-state index is 0.0768. The highest BCUT2D eigenvalue weighted by atomic mass is 79.9. The molecule has 2 aromatic heterocycles. The molecular weight excluding hydrogens is 358 g/mol. The lowest BCUT2D eigenvalue weighted by atomic mass is 10.3. The molecule has 1 N–H and O–H groups in total. The van der Waals surface area contributed by atoms with Crippen molar-refractivity contribution in [3.8, 4) is 0 Å². The molecule has 1 aromatic carbocycles. The number of hydrogen-bond acceptors (Lipinski definition) is 3. The van der Waals surface area contributed by atoms with Crippen LogP contribution in [0.2, 0.25) is 0 Å². The van der Waals surface area contributed by atoms with Crippen LogP contribution in [-0.2, 0) is 18.4 Å². The second-order valence-electron chi connectivity index (χ2n) is 5.49. The van der Waals surface area contributed by atoms with Gasteiger partial charge in [-0.05, 0) is 41.9 Å². The molecule has 0 spiro atoms. The topological polar surface area (TPSA) is 64.7 Å². The number of anilines is 1. The zero-order valence-corrected chi connectivity index (χ0v) is 14.9. The van der Waals surface area contributed by atoms with E-state index < -0.39 is 0 Å². The normalized spacial score (nSPS) is 11.1. The smallest absolute Gasteiger partial charge is 0.228 e. The first kappa shape index (κ1) is 15.7. The summed E-state index contributed by atoms with van der Waals surface area (Å²) in [7, 11) is 1.89. The zero-order chi connectivity index (χ0) is 16.6. The van der Waals surface area contributed by atoms with Crippen molar-refractivity contribution in [2.75, 3.05) is 5.32 Å². The quantitative estimate of drug-likeness (QED) is 0.761. The third kappa shape index (κ3) is 3.01. The van der Waals surface area contributed by atoms with Gasteiger partial charge in [-0.15, -0.1) is 0 Å². The van der Waals surface area contributed by atoms with Gasteiger partial charge >= 0.3 is 0 Å². The fourth-order valence-corrected chi connectivity index (χ4v) is 2.83. The van der Waals surface area contributed by atoms with Crippen LogP contribution < -0.4 is 5.32 Å². The van der Waals surface area contributed by atoms with E-state index >= 15 is 0 Å². The molecule has 1 amide bonds. The number of nitrogens with zero attached hydrogens (tertiary/aromatic N) is 4. The highest BCUT2D eigenvalue weighted by Crippen LogP contribution is 2.20. The number of amides is 1. The summed E-state index contributed by atoms with van der Waals surface area (Å²) in [5.74, 6) is 0.484. The van der Waals surface area contributed by atoms with E-state index in [0.29, 0.717) is 18.9 Å². The van der Waals surface area contributed by atoms with E-state index in [1.807, 2.05) is 54.4 Å². The number of fused-ring (bicyclic) bond motifs is 1. The summed E-state index contributed by atoms with van der Waals surface area (Å²) in [6.07, 6.45) is 0.345. The van der Waals surface area contributed by atoms with Crippen molar-refractivity contribution in [2.45, 2.75) is 26.8 Å². The van der Waals surface area contributed by atoms with Crippen molar-refractivity contribution in [1.29, 1.82) is 0 Å². The Bertz CT molecular complexity index is 880. The molecule has 0 aliphatic rings. The molecule has 120 valence electrons. The number of hydrogen-bond donors (Lipinski definition) is 1. The molecule has 0 radical (unpaired) electrons. The van der Waals surface area contributed by atoms with Gasteiger partial charge in [0, 0.05) is 19.2 Å². The van der Waals surface area contributed by atoms with E-state index in [1.54, 1.807) is 0 Å². The number of aryl methyl sites for hydroxylation is 3. The van der Waals surface area contributed by atoms with Crippen LogP contribution in [0.1, 0.15) is 17.8 Å². The van der Waals surface area contributed by atoms with Crippen molar-refractivity contribution in [1.82, 2.24) is 19.3 Å². The molecule has 0 fully saturated rings. The van der Waals surface area contributed by atoms with E-state index in [9.17, 15) is 4.79 Å². The molecule has 7 heteroatoms. The summed E-state index contributed by atoms with van der Waals surface area (Å²) < 4.78 is 4.72. The molecule has 3 rings (SSSR count). The Morgan fingerprint density at radius 1 is 1.30 bits per heavy atom. The average molecular weight is 376 g/mol. The van der Waals surface area contributed by atoms with Gasteiger partial charge in [-0.3, -0.25) is 14.8 Å². The number of rotatable bonds is 4. The third-order valence-electron chi connectivity index (χ3n) is 3.88. The fourth-order valence-electron chi connectivity index (χ4n) is 2.54. The summed E-state index contributed by atoms with van der Waals surface area (Å²) in [6.45, 7) is 4.45. The predicted octanol–water partition coefficient (Wildman–Crippen LogP) is 3.18. The van der Waals surface area contributed by atoms with Crippen LogP contribution in [0, 0.1) is 13.8 Å². The summed E-state index contributed by atoms with van der Waals surface area (Å²) in [5.41, 5.74) is 3.81. The number of nitrogens with one attached hydrogen (secondary N) is 1. The molecule has 0 saturated carbocycles. The second kappa shape index (κ2) is 6.16. The van der Waals surface area contributed by atoms with Gasteiger partial charge in [-0.1, -0.05) is 12.1 Å². The monoisotopic (exact) mass is 375 g/mol. The fraction of sp³-hybridized carbons (Fsp3) is 0.312. The number of imidazole rings is 1. The molecule has 3 aromatic rings. The maximum absolute atomic E-state index is 12.2. The van der Waals surface area contributed by atoms with Crippen molar-refractivity contribution < 1.29 is 4.79 Å². The molecule has 0 saturated heterocycles. The zero-order valence-electron chi connectivity index (χ0n) is 13.3. The molecule has 0 bridgehead atoms. The van der Waals surface area contributed by atoms with Crippen LogP contribution in [0.3, 0.4) is 0 Å². The SMILES string of the molecule is Cc1nn(CCC(=O)Nc2nc3ccccc3n2C)c(C)c1Br. The molecule has 23 heavy (non-hydrogen) atoms. The van der Waals surface area contributed by atoms with Crippen molar-refractivity contribution >= 4 is 38.8 Å². The molecule has 0 atom stereocenters. The molecule has 6 nitrogen and oxygen atoms in total. The maximum atomic E-state index is 12.2. The van der Waals surface area contributed by atoms with Crippen molar-refractivity contribution in [3.05, 3.63) is 40.1 Å². The van der Waals surface area contributed by atoms with Crippen molar-refractivity contribution in [2.24, 2.45) is 7.05 Å². The van der Waals surface area contributed by atoms with Gasteiger partial charge in [0.25, 0.3) is 0 Å². The lowest BCUT2D eigenvalue weighted by Gasteiger charge is -2.06. The highest BCUT2D eigenvalue weighted by molar-refractivity contribution is 9.10. The minimum atomic E-state index is -0.0768. The number of carbonyl (C=O) groups is 1.